The number of benzene rings is 1. The molecule has 1 saturated carbocycles. The Morgan fingerprint density at radius 3 is 2.04 bits per heavy atom. The maximum atomic E-state index is 12.9. The van der Waals surface area contributed by atoms with Gasteiger partial charge in [0.2, 0.25) is 17.7 Å². The van der Waals surface area contributed by atoms with Crippen LogP contribution in [-0.2, 0) is 14.4 Å². The van der Waals surface area contributed by atoms with E-state index in [0.717, 1.165) is 18.4 Å². The molecule has 2 saturated heterocycles. The third-order valence-corrected chi connectivity index (χ3v) is 6.09. The van der Waals surface area contributed by atoms with Crippen molar-refractivity contribution in [2.24, 2.45) is 11.8 Å². The second kappa shape index (κ2) is 7.33. The second-order valence-electron chi connectivity index (χ2n) is 7.96. The van der Waals surface area contributed by atoms with Gasteiger partial charge in [0.25, 0.3) is 0 Å². The van der Waals surface area contributed by atoms with E-state index < -0.39 is 0 Å². The Hall–Kier alpha value is -2.37. The molecule has 2 atom stereocenters. The van der Waals surface area contributed by atoms with Crippen LogP contribution in [0, 0.1) is 11.8 Å². The number of piperazine rings is 1. The Morgan fingerprint density at radius 1 is 0.926 bits per heavy atom. The molecule has 0 spiro atoms. The number of amides is 3. The number of hydrogen-bond donors (Lipinski definition) is 0. The maximum absolute atomic E-state index is 12.9. The van der Waals surface area contributed by atoms with E-state index in [1.165, 1.54) is 0 Å². The summed E-state index contributed by atoms with van der Waals surface area (Å²) in [6, 6.07) is 9.91. The third kappa shape index (κ3) is 3.70. The fourth-order valence-corrected chi connectivity index (χ4v) is 4.18. The third-order valence-electron chi connectivity index (χ3n) is 6.09. The van der Waals surface area contributed by atoms with Gasteiger partial charge < -0.3 is 14.7 Å². The fourth-order valence-electron chi connectivity index (χ4n) is 4.18. The summed E-state index contributed by atoms with van der Waals surface area (Å²) in [6.07, 6.45) is 2.31. The Bertz CT molecular complexity index is 723. The van der Waals surface area contributed by atoms with Crippen LogP contribution in [-0.4, -0.2) is 65.1 Å². The molecule has 4 rings (SSSR count). The normalized spacial score (nSPS) is 24.3. The van der Waals surface area contributed by atoms with Crippen LogP contribution in [0.5, 0.6) is 0 Å². The first-order valence-corrected chi connectivity index (χ1v) is 9.96. The predicted octanol–water partition coefficient (Wildman–Crippen LogP) is 1.68. The van der Waals surface area contributed by atoms with E-state index >= 15 is 0 Å². The lowest BCUT2D eigenvalue weighted by Gasteiger charge is -2.36. The topological polar surface area (TPSA) is 60.9 Å². The minimum absolute atomic E-state index is 0.0236. The largest absolute Gasteiger partial charge is 0.339 e. The van der Waals surface area contributed by atoms with Crippen molar-refractivity contribution in [2.45, 2.75) is 32.2 Å². The zero-order valence-electron chi connectivity index (χ0n) is 15.8. The van der Waals surface area contributed by atoms with Gasteiger partial charge in [-0.05, 0) is 25.3 Å². The number of carbonyl (C=O) groups is 3. The van der Waals surface area contributed by atoms with Crippen molar-refractivity contribution >= 4 is 17.7 Å². The van der Waals surface area contributed by atoms with E-state index in [1.54, 1.807) is 0 Å². The van der Waals surface area contributed by atoms with Crippen LogP contribution in [0.1, 0.15) is 37.8 Å². The van der Waals surface area contributed by atoms with E-state index in [2.05, 4.69) is 0 Å². The van der Waals surface area contributed by atoms with Gasteiger partial charge in [-0.25, -0.2) is 0 Å². The smallest absolute Gasteiger partial charge is 0.228 e. The standard InChI is InChI=1S/C21H27N3O3/c1-15(16-5-3-2-4-6-16)24-14-18(13-19(24)25)21(27)23-11-9-22(10-12-23)20(26)17-7-8-17/h2-6,15,17-18H,7-14H2,1H3. The molecule has 6 nitrogen and oxygen atoms in total. The van der Waals surface area contributed by atoms with Crippen LogP contribution in [0.2, 0.25) is 0 Å². The Labute approximate surface area is 160 Å². The van der Waals surface area contributed by atoms with Crippen molar-refractivity contribution < 1.29 is 14.4 Å². The summed E-state index contributed by atoms with van der Waals surface area (Å²) in [4.78, 5) is 43.1. The molecule has 6 heteroatoms. The average Bonchev–Trinajstić information content (AvgIpc) is 3.49. The van der Waals surface area contributed by atoms with Crippen molar-refractivity contribution in [3.8, 4) is 0 Å². The first kappa shape index (κ1) is 18.0. The number of rotatable bonds is 4. The summed E-state index contributed by atoms with van der Waals surface area (Å²) < 4.78 is 0. The van der Waals surface area contributed by atoms with Crippen molar-refractivity contribution in [2.75, 3.05) is 32.7 Å². The SMILES string of the molecule is CC(c1ccccc1)N1CC(C(=O)N2CCN(C(=O)C3CC3)CC2)CC1=O. The average molecular weight is 369 g/mol. The van der Waals surface area contributed by atoms with Gasteiger partial charge in [0.15, 0.2) is 0 Å². The zero-order valence-corrected chi connectivity index (χ0v) is 15.8. The van der Waals surface area contributed by atoms with Gasteiger partial charge in [0.05, 0.1) is 12.0 Å². The van der Waals surface area contributed by atoms with Crippen LogP contribution in [0.3, 0.4) is 0 Å². The summed E-state index contributed by atoms with van der Waals surface area (Å²) in [7, 11) is 0. The molecule has 0 radical (unpaired) electrons. The quantitative estimate of drug-likeness (QED) is 0.811. The molecule has 0 N–H and O–H groups in total. The van der Waals surface area contributed by atoms with Crippen molar-refractivity contribution in [1.82, 2.24) is 14.7 Å². The molecule has 0 bridgehead atoms. The summed E-state index contributed by atoms with van der Waals surface area (Å²) in [6.45, 7) is 4.89. The van der Waals surface area contributed by atoms with Crippen LogP contribution in [0.25, 0.3) is 0 Å². The molecule has 2 heterocycles. The molecule has 3 fully saturated rings. The Balaban J connectivity index is 1.33. The fraction of sp³-hybridized carbons (Fsp3) is 0.571. The highest BCUT2D eigenvalue weighted by atomic mass is 16.2. The molecule has 3 amide bonds. The van der Waals surface area contributed by atoms with Crippen molar-refractivity contribution in [3.63, 3.8) is 0 Å². The number of carbonyl (C=O) groups excluding carboxylic acids is 3. The summed E-state index contributed by atoms with van der Waals surface area (Å²) in [5, 5.41) is 0. The van der Waals surface area contributed by atoms with Gasteiger partial charge in [0, 0.05) is 45.1 Å². The highest BCUT2D eigenvalue weighted by Gasteiger charge is 2.40. The minimum atomic E-state index is -0.269. The van der Waals surface area contributed by atoms with Gasteiger partial charge in [-0.15, -0.1) is 0 Å². The van der Waals surface area contributed by atoms with E-state index in [0.29, 0.717) is 32.7 Å². The second-order valence-corrected chi connectivity index (χ2v) is 7.96. The number of hydrogen-bond acceptors (Lipinski definition) is 3. The van der Waals surface area contributed by atoms with E-state index in [-0.39, 0.29) is 42.0 Å². The molecule has 3 aliphatic rings. The van der Waals surface area contributed by atoms with E-state index in [1.807, 2.05) is 52.0 Å². The molecule has 0 aromatic heterocycles. The van der Waals surface area contributed by atoms with Crippen LogP contribution in [0.4, 0.5) is 0 Å². The Kier molecular flexibility index (Phi) is 4.89. The molecule has 1 aromatic carbocycles. The highest BCUT2D eigenvalue weighted by Crippen LogP contribution is 2.32. The van der Waals surface area contributed by atoms with E-state index in [4.69, 9.17) is 0 Å². The summed E-state index contributed by atoms with van der Waals surface area (Å²) >= 11 is 0. The molecular formula is C21H27N3O3. The first-order valence-electron chi connectivity index (χ1n) is 9.96. The molecule has 2 aliphatic heterocycles. The van der Waals surface area contributed by atoms with Gasteiger partial charge in [-0.3, -0.25) is 14.4 Å². The molecular weight excluding hydrogens is 342 g/mol. The number of nitrogens with zero attached hydrogens (tertiary/aromatic N) is 3. The number of likely N-dealkylation sites (tertiary alicyclic amines) is 1. The Morgan fingerprint density at radius 2 is 1.48 bits per heavy atom. The predicted molar refractivity (Wildman–Crippen MR) is 101 cm³/mol. The van der Waals surface area contributed by atoms with Gasteiger partial charge in [-0.1, -0.05) is 30.3 Å². The molecule has 1 aliphatic carbocycles. The lowest BCUT2D eigenvalue weighted by molar-refractivity contribution is -0.142. The van der Waals surface area contributed by atoms with E-state index in [9.17, 15) is 14.4 Å². The van der Waals surface area contributed by atoms with Gasteiger partial charge in [-0.2, -0.15) is 0 Å². The van der Waals surface area contributed by atoms with Gasteiger partial charge >= 0.3 is 0 Å². The highest BCUT2D eigenvalue weighted by molar-refractivity contribution is 5.89. The van der Waals surface area contributed by atoms with Gasteiger partial charge in [0.1, 0.15) is 0 Å². The molecule has 1 aromatic rings. The van der Waals surface area contributed by atoms with Crippen LogP contribution < -0.4 is 0 Å². The lowest BCUT2D eigenvalue weighted by Crippen LogP contribution is -2.52. The van der Waals surface area contributed by atoms with Crippen molar-refractivity contribution in [1.29, 1.82) is 0 Å². The molecule has 2 unspecified atom stereocenters. The molecule has 27 heavy (non-hydrogen) atoms. The summed E-state index contributed by atoms with van der Waals surface area (Å²) in [5.74, 6) is 0.319. The maximum Gasteiger partial charge on any atom is 0.228 e. The van der Waals surface area contributed by atoms with Crippen LogP contribution >= 0.6 is 0 Å². The minimum Gasteiger partial charge on any atom is -0.339 e. The molecule has 144 valence electrons. The zero-order chi connectivity index (χ0) is 19.0. The lowest BCUT2D eigenvalue weighted by atomic mass is 10.1. The van der Waals surface area contributed by atoms with Crippen LogP contribution in [0.15, 0.2) is 30.3 Å². The summed E-state index contributed by atoms with van der Waals surface area (Å²) in [5.41, 5.74) is 1.09. The monoisotopic (exact) mass is 369 g/mol. The first-order chi connectivity index (χ1) is 13.0. The van der Waals surface area contributed by atoms with Crippen molar-refractivity contribution in [3.05, 3.63) is 35.9 Å².